The van der Waals surface area contributed by atoms with E-state index >= 15 is 0 Å². The van der Waals surface area contributed by atoms with Crippen molar-refractivity contribution in [1.29, 1.82) is 0 Å². The average molecular weight is 387 g/mol. The van der Waals surface area contributed by atoms with Crippen molar-refractivity contribution in [2.24, 2.45) is 0 Å². The van der Waals surface area contributed by atoms with Gasteiger partial charge in [-0.1, -0.05) is 24.3 Å². The number of fused-ring (bicyclic) bond motifs is 1. The second-order valence-electron chi connectivity index (χ2n) is 7.17. The molecule has 2 aromatic carbocycles. The highest BCUT2D eigenvalue weighted by Crippen LogP contribution is 2.25. The number of rotatable bonds is 6. The SMILES string of the molecule is CN(C)Cc1ccc(CNc2nc(-c3cccnc3)nc3ccccc23)cc1F. The van der Waals surface area contributed by atoms with Gasteiger partial charge in [0.05, 0.1) is 5.52 Å². The van der Waals surface area contributed by atoms with Crippen molar-refractivity contribution in [1.82, 2.24) is 19.9 Å². The molecular weight excluding hydrogens is 365 g/mol. The Hall–Kier alpha value is -3.38. The zero-order chi connectivity index (χ0) is 20.2. The molecule has 2 aromatic heterocycles. The third-order valence-corrected chi connectivity index (χ3v) is 4.59. The monoisotopic (exact) mass is 387 g/mol. The number of nitrogens with zero attached hydrogens (tertiary/aromatic N) is 4. The van der Waals surface area contributed by atoms with Gasteiger partial charge in [-0.05, 0) is 50.0 Å². The molecule has 6 heteroatoms. The summed E-state index contributed by atoms with van der Waals surface area (Å²) in [4.78, 5) is 15.5. The van der Waals surface area contributed by atoms with Gasteiger partial charge in [-0.25, -0.2) is 14.4 Å². The lowest BCUT2D eigenvalue weighted by Crippen LogP contribution is -2.12. The Bertz CT molecular complexity index is 1130. The van der Waals surface area contributed by atoms with Crippen LogP contribution in [0.5, 0.6) is 0 Å². The lowest BCUT2D eigenvalue weighted by molar-refractivity contribution is 0.392. The Morgan fingerprint density at radius 3 is 2.62 bits per heavy atom. The highest BCUT2D eigenvalue weighted by molar-refractivity contribution is 5.90. The number of benzene rings is 2. The Morgan fingerprint density at radius 1 is 1.00 bits per heavy atom. The Morgan fingerprint density at radius 2 is 1.86 bits per heavy atom. The zero-order valence-corrected chi connectivity index (χ0v) is 16.4. The second-order valence-corrected chi connectivity index (χ2v) is 7.17. The van der Waals surface area contributed by atoms with Crippen LogP contribution in [0.3, 0.4) is 0 Å². The van der Waals surface area contributed by atoms with Crippen LogP contribution in [0.1, 0.15) is 11.1 Å². The standard InChI is InChI=1S/C23H22FN5/c1-29(2)15-18-10-9-16(12-20(18)24)13-26-23-19-7-3-4-8-21(19)27-22(28-23)17-6-5-11-25-14-17/h3-12,14H,13,15H2,1-2H3,(H,26,27,28). The summed E-state index contributed by atoms with van der Waals surface area (Å²) >= 11 is 0. The van der Waals surface area contributed by atoms with Crippen molar-refractivity contribution in [3.63, 3.8) is 0 Å². The minimum atomic E-state index is -0.193. The maximum absolute atomic E-state index is 14.4. The smallest absolute Gasteiger partial charge is 0.163 e. The summed E-state index contributed by atoms with van der Waals surface area (Å²) in [6.45, 7) is 1.04. The van der Waals surface area contributed by atoms with Crippen LogP contribution < -0.4 is 5.32 Å². The molecule has 2 heterocycles. The van der Waals surface area contributed by atoms with E-state index in [0.717, 1.165) is 22.0 Å². The molecule has 0 amide bonds. The van der Waals surface area contributed by atoms with E-state index < -0.39 is 0 Å². The Balaban J connectivity index is 1.63. The molecule has 1 N–H and O–H groups in total. The first-order valence-electron chi connectivity index (χ1n) is 9.43. The van der Waals surface area contributed by atoms with Crippen molar-refractivity contribution in [3.05, 3.63) is 83.9 Å². The third-order valence-electron chi connectivity index (χ3n) is 4.59. The number of anilines is 1. The fourth-order valence-corrected chi connectivity index (χ4v) is 3.19. The Kier molecular flexibility index (Phi) is 5.44. The topological polar surface area (TPSA) is 53.9 Å². The summed E-state index contributed by atoms with van der Waals surface area (Å²) in [5, 5.41) is 4.27. The quantitative estimate of drug-likeness (QED) is 0.528. The highest BCUT2D eigenvalue weighted by Gasteiger charge is 2.10. The summed E-state index contributed by atoms with van der Waals surface area (Å²) in [6.07, 6.45) is 3.46. The zero-order valence-electron chi connectivity index (χ0n) is 16.4. The lowest BCUT2D eigenvalue weighted by atomic mass is 10.1. The normalized spacial score (nSPS) is 11.2. The fraction of sp³-hybridized carbons (Fsp3) is 0.174. The van der Waals surface area contributed by atoms with Gasteiger partial charge in [0.25, 0.3) is 0 Å². The molecule has 0 saturated carbocycles. The van der Waals surface area contributed by atoms with Gasteiger partial charge in [-0.3, -0.25) is 4.98 Å². The van der Waals surface area contributed by atoms with Crippen LogP contribution in [0.2, 0.25) is 0 Å². The first-order chi connectivity index (χ1) is 14.1. The number of hydrogen-bond donors (Lipinski definition) is 1. The maximum Gasteiger partial charge on any atom is 0.163 e. The largest absolute Gasteiger partial charge is 0.365 e. The van der Waals surface area contributed by atoms with Gasteiger partial charge in [0.1, 0.15) is 11.6 Å². The number of para-hydroxylation sites is 1. The molecule has 0 aliphatic heterocycles. The van der Waals surface area contributed by atoms with Crippen LogP contribution in [0, 0.1) is 5.82 Å². The molecule has 4 aromatic rings. The summed E-state index contributed by atoms with van der Waals surface area (Å²) in [5.41, 5.74) is 3.23. The number of halogens is 1. The van der Waals surface area contributed by atoms with Crippen molar-refractivity contribution in [3.8, 4) is 11.4 Å². The van der Waals surface area contributed by atoms with Gasteiger partial charge >= 0.3 is 0 Å². The van der Waals surface area contributed by atoms with E-state index in [1.165, 1.54) is 0 Å². The predicted octanol–water partition coefficient (Wildman–Crippen LogP) is 4.50. The van der Waals surface area contributed by atoms with Gasteiger partial charge in [-0.2, -0.15) is 0 Å². The first-order valence-corrected chi connectivity index (χ1v) is 9.43. The lowest BCUT2D eigenvalue weighted by Gasteiger charge is -2.13. The summed E-state index contributed by atoms with van der Waals surface area (Å²) < 4.78 is 14.4. The molecule has 0 spiro atoms. The van der Waals surface area contributed by atoms with E-state index in [9.17, 15) is 4.39 Å². The van der Waals surface area contributed by atoms with Crippen molar-refractivity contribution >= 4 is 16.7 Å². The number of aromatic nitrogens is 3. The second kappa shape index (κ2) is 8.32. The van der Waals surface area contributed by atoms with Crippen molar-refractivity contribution in [2.75, 3.05) is 19.4 Å². The maximum atomic E-state index is 14.4. The summed E-state index contributed by atoms with van der Waals surface area (Å²) in [7, 11) is 3.85. The van der Waals surface area contributed by atoms with Crippen molar-refractivity contribution in [2.45, 2.75) is 13.1 Å². The molecule has 0 unspecified atom stereocenters. The van der Waals surface area contributed by atoms with Gasteiger partial charge in [-0.15, -0.1) is 0 Å². The molecule has 146 valence electrons. The molecule has 0 aliphatic rings. The van der Waals surface area contributed by atoms with Crippen LogP contribution in [0.4, 0.5) is 10.2 Å². The van der Waals surface area contributed by atoms with E-state index in [1.807, 2.05) is 67.5 Å². The van der Waals surface area contributed by atoms with Crippen LogP contribution >= 0.6 is 0 Å². The Labute approximate surface area is 169 Å². The van der Waals surface area contributed by atoms with Crippen LogP contribution in [-0.2, 0) is 13.1 Å². The highest BCUT2D eigenvalue weighted by atomic mass is 19.1. The molecular formula is C23H22FN5. The van der Waals surface area contributed by atoms with Crippen LogP contribution in [-0.4, -0.2) is 33.9 Å². The van der Waals surface area contributed by atoms with Gasteiger partial charge in [0, 0.05) is 42.0 Å². The predicted molar refractivity (Wildman–Crippen MR) is 114 cm³/mol. The van der Waals surface area contributed by atoms with Crippen LogP contribution in [0.25, 0.3) is 22.3 Å². The van der Waals surface area contributed by atoms with E-state index in [0.29, 0.717) is 30.3 Å². The molecule has 0 fully saturated rings. The summed E-state index contributed by atoms with van der Waals surface area (Å²) in [5.74, 6) is 1.13. The average Bonchev–Trinajstić information content (AvgIpc) is 2.74. The number of pyridine rings is 1. The van der Waals surface area contributed by atoms with Crippen LogP contribution in [0.15, 0.2) is 67.0 Å². The van der Waals surface area contributed by atoms with Gasteiger partial charge in [0.2, 0.25) is 0 Å². The molecule has 0 aliphatic carbocycles. The van der Waals surface area contributed by atoms with Crippen molar-refractivity contribution < 1.29 is 4.39 Å². The molecule has 5 nitrogen and oxygen atoms in total. The van der Waals surface area contributed by atoms with E-state index in [2.05, 4.69) is 15.3 Å². The number of hydrogen-bond acceptors (Lipinski definition) is 5. The summed E-state index contributed by atoms with van der Waals surface area (Å²) in [6, 6.07) is 17.0. The van der Waals surface area contributed by atoms with Gasteiger partial charge in [0.15, 0.2) is 5.82 Å². The minimum absolute atomic E-state index is 0.193. The molecule has 0 bridgehead atoms. The molecule has 0 atom stereocenters. The number of nitrogens with one attached hydrogen (secondary N) is 1. The molecule has 29 heavy (non-hydrogen) atoms. The first kappa shape index (κ1) is 19.0. The van der Waals surface area contributed by atoms with E-state index in [1.54, 1.807) is 18.5 Å². The third kappa shape index (κ3) is 4.38. The molecule has 0 saturated heterocycles. The van der Waals surface area contributed by atoms with E-state index in [-0.39, 0.29) is 5.82 Å². The molecule has 4 rings (SSSR count). The molecule has 0 radical (unpaired) electrons. The van der Waals surface area contributed by atoms with E-state index in [4.69, 9.17) is 4.98 Å². The fourth-order valence-electron chi connectivity index (χ4n) is 3.19. The van der Waals surface area contributed by atoms with Gasteiger partial charge < -0.3 is 10.2 Å². The minimum Gasteiger partial charge on any atom is -0.365 e.